The quantitative estimate of drug-likeness (QED) is 0.639. The lowest BCUT2D eigenvalue weighted by atomic mass is 10.1. The van der Waals surface area contributed by atoms with Gasteiger partial charge in [0.1, 0.15) is 11.6 Å². The third-order valence-corrected chi connectivity index (χ3v) is 3.74. The first-order valence-corrected chi connectivity index (χ1v) is 7.21. The van der Waals surface area contributed by atoms with Crippen LogP contribution in [0.1, 0.15) is 5.56 Å². The van der Waals surface area contributed by atoms with Crippen molar-refractivity contribution in [2.45, 2.75) is 0 Å². The molecule has 104 valence electrons. The summed E-state index contributed by atoms with van der Waals surface area (Å²) in [6, 6.07) is 16.1. The van der Waals surface area contributed by atoms with Crippen LogP contribution in [-0.2, 0) is 4.79 Å². The Morgan fingerprint density at radius 1 is 1.19 bits per heavy atom. The average molecular weight is 362 g/mol. The molecular weight excluding hydrogens is 352 g/mol. The van der Waals surface area contributed by atoms with E-state index in [1.165, 1.54) is 6.08 Å². The van der Waals surface area contributed by atoms with Gasteiger partial charge in [0, 0.05) is 4.47 Å². The van der Waals surface area contributed by atoms with Crippen molar-refractivity contribution in [3.05, 3.63) is 69.2 Å². The first-order valence-electron chi connectivity index (χ1n) is 6.04. The summed E-state index contributed by atoms with van der Waals surface area (Å²) in [5.41, 5.74) is 1.22. The van der Waals surface area contributed by atoms with Gasteiger partial charge in [-0.05, 0) is 29.8 Å². The third kappa shape index (κ3) is 3.94. The number of carbonyl (C=O) groups excluding carboxylic acids is 1. The molecule has 0 atom stereocenters. The van der Waals surface area contributed by atoms with E-state index in [0.29, 0.717) is 10.7 Å². The van der Waals surface area contributed by atoms with E-state index < -0.39 is 5.91 Å². The minimum absolute atomic E-state index is 0.00168. The van der Waals surface area contributed by atoms with E-state index in [0.717, 1.165) is 10.0 Å². The standard InChI is InChI=1S/C16H10BrClN2O/c17-13-6-2-1-5-11(13)9-12(10-19)16(21)20-15-8-4-3-7-14(15)18/h1-9H,(H,20,21)/b12-9+. The summed E-state index contributed by atoms with van der Waals surface area (Å²) in [5.74, 6) is -0.499. The zero-order chi connectivity index (χ0) is 15.2. The molecule has 0 bridgehead atoms. The van der Waals surface area contributed by atoms with Crippen LogP contribution in [0.3, 0.4) is 0 Å². The number of nitrogens with one attached hydrogen (secondary N) is 1. The highest BCUT2D eigenvalue weighted by molar-refractivity contribution is 9.10. The topological polar surface area (TPSA) is 52.9 Å². The smallest absolute Gasteiger partial charge is 0.266 e. The molecular formula is C16H10BrClN2O. The molecule has 2 rings (SSSR count). The molecule has 0 unspecified atom stereocenters. The molecule has 3 nitrogen and oxygen atoms in total. The molecule has 0 aliphatic carbocycles. The van der Waals surface area contributed by atoms with Gasteiger partial charge in [0.25, 0.3) is 5.91 Å². The second-order valence-corrected chi connectivity index (χ2v) is 5.39. The summed E-state index contributed by atoms with van der Waals surface area (Å²) in [4.78, 5) is 12.1. The SMILES string of the molecule is N#C/C(=C\c1ccccc1Br)C(=O)Nc1ccccc1Cl. The van der Waals surface area contributed by atoms with E-state index in [1.807, 2.05) is 30.3 Å². The van der Waals surface area contributed by atoms with Crippen molar-refractivity contribution >= 4 is 45.2 Å². The zero-order valence-electron chi connectivity index (χ0n) is 10.8. The monoisotopic (exact) mass is 360 g/mol. The zero-order valence-corrected chi connectivity index (χ0v) is 13.1. The number of hydrogen-bond acceptors (Lipinski definition) is 2. The Labute approximate surface area is 136 Å². The van der Waals surface area contributed by atoms with Crippen molar-refractivity contribution in [2.24, 2.45) is 0 Å². The van der Waals surface area contributed by atoms with E-state index in [9.17, 15) is 4.79 Å². The summed E-state index contributed by atoms with van der Waals surface area (Å²) in [5, 5.41) is 12.2. The molecule has 0 aliphatic rings. The van der Waals surface area contributed by atoms with Gasteiger partial charge < -0.3 is 5.32 Å². The van der Waals surface area contributed by atoms with Crippen LogP contribution in [0.15, 0.2) is 58.6 Å². The van der Waals surface area contributed by atoms with E-state index >= 15 is 0 Å². The number of anilines is 1. The summed E-state index contributed by atoms with van der Waals surface area (Å²) < 4.78 is 0.809. The second kappa shape index (κ2) is 7.07. The first-order chi connectivity index (χ1) is 10.1. The number of benzene rings is 2. The molecule has 5 heteroatoms. The first kappa shape index (κ1) is 15.3. The van der Waals surface area contributed by atoms with Crippen molar-refractivity contribution in [3.63, 3.8) is 0 Å². The second-order valence-electron chi connectivity index (χ2n) is 4.13. The van der Waals surface area contributed by atoms with Crippen molar-refractivity contribution < 1.29 is 4.79 Å². The van der Waals surface area contributed by atoms with E-state index in [4.69, 9.17) is 16.9 Å². The molecule has 0 spiro atoms. The van der Waals surface area contributed by atoms with Crippen LogP contribution < -0.4 is 5.32 Å². The lowest BCUT2D eigenvalue weighted by molar-refractivity contribution is -0.112. The van der Waals surface area contributed by atoms with Crippen molar-refractivity contribution in [3.8, 4) is 6.07 Å². The molecule has 2 aromatic rings. The fraction of sp³-hybridized carbons (Fsp3) is 0. The van der Waals surface area contributed by atoms with Crippen molar-refractivity contribution in [1.82, 2.24) is 0 Å². The van der Waals surface area contributed by atoms with E-state index in [1.54, 1.807) is 24.3 Å². The fourth-order valence-corrected chi connectivity index (χ4v) is 2.23. The average Bonchev–Trinajstić information content (AvgIpc) is 2.48. The predicted molar refractivity (Wildman–Crippen MR) is 87.8 cm³/mol. The van der Waals surface area contributed by atoms with E-state index in [-0.39, 0.29) is 5.57 Å². The van der Waals surface area contributed by atoms with Crippen molar-refractivity contribution in [1.29, 1.82) is 5.26 Å². The number of amides is 1. The highest BCUT2D eigenvalue weighted by Crippen LogP contribution is 2.22. The van der Waals surface area contributed by atoms with Gasteiger partial charge in [-0.1, -0.05) is 57.9 Å². The number of nitriles is 1. The summed E-state index contributed by atoms with van der Waals surface area (Å²) in [6.45, 7) is 0. The number of rotatable bonds is 3. The number of carbonyl (C=O) groups is 1. The van der Waals surface area contributed by atoms with Crippen LogP contribution in [0.5, 0.6) is 0 Å². The van der Waals surface area contributed by atoms with Crippen LogP contribution in [0.2, 0.25) is 5.02 Å². The minimum Gasteiger partial charge on any atom is -0.320 e. The molecule has 0 radical (unpaired) electrons. The number of nitrogens with zero attached hydrogens (tertiary/aromatic N) is 1. The van der Waals surface area contributed by atoms with Gasteiger partial charge in [0.05, 0.1) is 10.7 Å². The Bertz CT molecular complexity index is 750. The lowest BCUT2D eigenvalue weighted by Crippen LogP contribution is -2.13. The Hall–Kier alpha value is -2.09. The lowest BCUT2D eigenvalue weighted by Gasteiger charge is -2.06. The predicted octanol–water partition coefficient (Wildman–Crippen LogP) is 4.65. The maximum Gasteiger partial charge on any atom is 0.266 e. The van der Waals surface area contributed by atoms with Crippen LogP contribution in [0, 0.1) is 11.3 Å². The normalized spacial score (nSPS) is 10.8. The summed E-state index contributed by atoms with van der Waals surface area (Å²) >= 11 is 9.35. The molecule has 21 heavy (non-hydrogen) atoms. The van der Waals surface area contributed by atoms with E-state index in [2.05, 4.69) is 21.2 Å². The number of hydrogen-bond donors (Lipinski definition) is 1. The van der Waals surface area contributed by atoms with Gasteiger partial charge in [-0.2, -0.15) is 5.26 Å². The van der Waals surface area contributed by atoms with Gasteiger partial charge in [-0.3, -0.25) is 4.79 Å². The fourth-order valence-electron chi connectivity index (χ4n) is 1.65. The Morgan fingerprint density at radius 3 is 2.52 bits per heavy atom. The van der Waals surface area contributed by atoms with Gasteiger partial charge in [-0.25, -0.2) is 0 Å². The van der Waals surface area contributed by atoms with Gasteiger partial charge >= 0.3 is 0 Å². The molecule has 0 saturated carbocycles. The Kier molecular flexibility index (Phi) is 5.15. The van der Waals surface area contributed by atoms with Crippen LogP contribution in [0.4, 0.5) is 5.69 Å². The van der Waals surface area contributed by atoms with Crippen LogP contribution in [0.25, 0.3) is 6.08 Å². The molecule has 1 amide bonds. The molecule has 1 N–H and O–H groups in total. The Balaban J connectivity index is 2.26. The number of para-hydroxylation sites is 1. The van der Waals surface area contributed by atoms with Crippen LogP contribution in [-0.4, -0.2) is 5.91 Å². The summed E-state index contributed by atoms with van der Waals surface area (Å²) in [6.07, 6.45) is 1.52. The molecule has 0 fully saturated rings. The maximum atomic E-state index is 12.1. The minimum atomic E-state index is -0.499. The van der Waals surface area contributed by atoms with Gasteiger partial charge in [0.2, 0.25) is 0 Å². The largest absolute Gasteiger partial charge is 0.320 e. The highest BCUT2D eigenvalue weighted by Gasteiger charge is 2.11. The van der Waals surface area contributed by atoms with Crippen LogP contribution >= 0.6 is 27.5 Å². The van der Waals surface area contributed by atoms with Gasteiger partial charge in [-0.15, -0.1) is 0 Å². The molecule has 2 aromatic carbocycles. The number of halogens is 2. The molecule has 0 aliphatic heterocycles. The molecule has 0 aromatic heterocycles. The molecule has 0 heterocycles. The van der Waals surface area contributed by atoms with Crippen molar-refractivity contribution in [2.75, 3.05) is 5.32 Å². The maximum absolute atomic E-state index is 12.1. The molecule has 0 saturated heterocycles. The highest BCUT2D eigenvalue weighted by atomic mass is 79.9. The Morgan fingerprint density at radius 2 is 1.86 bits per heavy atom. The van der Waals surface area contributed by atoms with Gasteiger partial charge in [0.15, 0.2) is 0 Å². The summed E-state index contributed by atoms with van der Waals surface area (Å²) in [7, 11) is 0. The third-order valence-electron chi connectivity index (χ3n) is 2.69.